The van der Waals surface area contributed by atoms with Gasteiger partial charge in [-0.05, 0) is 62.8 Å². The molecule has 1 unspecified atom stereocenters. The number of piperidine rings is 1. The molecule has 1 aromatic carbocycles. The maximum atomic E-state index is 12.5. The van der Waals surface area contributed by atoms with Crippen molar-refractivity contribution >= 4 is 29.9 Å². The highest BCUT2D eigenvalue weighted by Crippen LogP contribution is 2.27. The maximum Gasteiger partial charge on any atom is 0.253 e. The van der Waals surface area contributed by atoms with Gasteiger partial charge in [-0.1, -0.05) is 17.7 Å². The zero-order valence-electron chi connectivity index (χ0n) is 13.0. The van der Waals surface area contributed by atoms with Crippen molar-refractivity contribution in [1.29, 1.82) is 0 Å². The molecule has 2 aliphatic rings. The molecular weight excluding hydrogens is 319 g/mol. The van der Waals surface area contributed by atoms with Crippen molar-refractivity contribution in [3.05, 3.63) is 34.3 Å². The highest BCUT2D eigenvalue weighted by Gasteiger charge is 2.30. The van der Waals surface area contributed by atoms with Crippen LogP contribution in [-0.2, 0) is 0 Å². The SMILES string of the molecule is Cc1ccc(C(=O)N2CCC(C3CCCN3)CC2)cc1Cl.Cl. The number of halogens is 2. The van der Waals surface area contributed by atoms with Crippen molar-refractivity contribution < 1.29 is 4.79 Å². The molecule has 5 heteroatoms. The van der Waals surface area contributed by atoms with Gasteiger partial charge in [0.2, 0.25) is 0 Å². The first-order valence-corrected chi connectivity index (χ1v) is 8.32. The minimum absolute atomic E-state index is 0. The molecule has 22 heavy (non-hydrogen) atoms. The van der Waals surface area contributed by atoms with Crippen molar-refractivity contribution in [3.63, 3.8) is 0 Å². The molecule has 0 bridgehead atoms. The number of hydrogen-bond donors (Lipinski definition) is 1. The first-order chi connectivity index (χ1) is 10.1. The second-order valence-corrected chi connectivity index (χ2v) is 6.70. The quantitative estimate of drug-likeness (QED) is 0.889. The van der Waals surface area contributed by atoms with Crippen LogP contribution in [0.5, 0.6) is 0 Å². The average Bonchev–Trinajstić information content (AvgIpc) is 3.04. The van der Waals surface area contributed by atoms with Crippen LogP contribution in [0.25, 0.3) is 0 Å². The average molecular weight is 343 g/mol. The van der Waals surface area contributed by atoms with Gasteiger partial charge in [0.05, 0.1) is 0 Å². The molecule has 0 aromatic heterocycles. The van der Waals surface area contributed by atoms with Crippen LogP contribution >= 0.6 is 24.0 Å². The van der Waals surface area contributed by atoms with Crippen LogP contribution in [0.3, 0.4) is 0 Å². The van der Waals surface area contributed by atoms with Crippen LogP contribution in [0.15, 0.2) is 18.2 Å². The lowest BCUT2D eigenvalue weighted by molar-refractivity contribution is 0.0674. The molecule has 2 aliphatic heterocycles. The number of rotatable bonds is 2. The van der Waals surface area contributed by atoms with Gasteiger partial charge in [0, 0.05) is 29.7 Å². The summed E-state index contributed by atoms with van der Waals surface area (Å²) in [6, 6.07) is 6.28. The molecule has 1 N–H and O–H groups in total. The molecule has 2 fully saturated rings. The van der Waals surface area contributed by atoms with Crippen LogP contribution in [0.1, 0.15) is 41.6 Å². The van der Waals surface area contributed by atoms with Crippen LogP contribution in [0.2, 0.25) is 5.02 Å². The van der Waals surface area contributed by atoms with Gasteiger partial charge in [-0.25, -0.2) is 0 Å². The zero-order chi connectivity index (χ0) is 14.8. The molecule has 3 nitrogen and oxygen atoms in total. The standard InChI is InChI=1S/C17H23ClN2O.ClH/c1-12-4-5-14(11-15(12)18)17(21)20-9-6-13(7-10-20)16-3-2-8-19-16;/h4-5,11,13,16,19H,2-3,6-10H2,1H3;1H. The van der Waals surface area contributed by atoms with Gasteiger partial charge in [0.1, 0.15) is 0 Å². The smallest absolute Gasteiger partial charge is 0.253 e. The van der Waals surface area contributed by atoms with Crippen LogP contribution < -0.4 is 5.32 Å². The Balaban J connectivity index is 0.00000176. The highest BCUT2D eigenvalue weighted by atomic mass is 35.5. The predicted molar refractivity (Wildman–Crippen MR) is 93.1 cm³/mol. The Hall–Kier alpha value is -0.770. The second kappa shape index (κ2) is 7.67. The minimum Gasteiger partial charge on any atom is -0.339 e. The summed E-state index contributed by atoms with van der Waals surface area (Å²) in [6.07, 6.45) is 4.82. The van der Waals surface area contributed by atoms with Crippen LogP contribution in [0, 0.1) is 12.8 Å². The third kappa shape index (κ3) is 3.76. The number of hydrogen-bond acceptors (Lipinski definition) is 2. The molecular formula is C17H24Cl2N2O. The summed E-state index contributed by atoms with van der Waals surface area (Å²) < 4.78 is 0. The molecule has 0 saturated carbocycles. The van der Waals surface area contributed by atoms with Gasteiger partial charge < -0.3 is 10.2 Å². The van der Waals surface area contributed by atoms with Gasteiger partial charge in [-0.3, -0.25) is 4.79 Å². The van der Waals surface area contributed by atoms with Crippen molar-refractivity contribution in [1.82, 2.24) is 10.2 Å². The van der Waals surface area contributed by atoms with E-state index in [2.05, 4.69) is 5.32 Å². The largest absolute Gasteiger partial charge is 0.339 e. The summed E-state index contributed by atoms with van der Waals surface area (Å²) in [5.41, 5.74) is 1.72. The lowest BCUT2D eigenvalue weighted by Gasteiger charge is -2.35. The third-order valence-corrected chi connectivity index (χ3v) is 5.32. The molecule has 122 valence electrons. The molecule has 2 saturated heterocycles. The van der Waals surface area contributed by atoms with Crippen molar-refractivity contribution in [3.8, 4) is 0 Å². The molecule has 3 rings (SSSR count). The summed E-state index contributed by atoms with van der Waals surface area (Å²) in [4.78, 5) is 14.5. The Morgan fingerprint density at radius 2 is 2.00 bits per heavy atom. The van der Waals surface area contributed by atoms with Gasteiger partial charge >= 0.3 is 0 Å². The fourth-order valence-electron chi connectivity index (χ4n) is 3.53. The molecule has 1 amide bonds. The number of nitrogens with zero attached hydrogens (tertiary/aromatic N) is 1. The lowest BCUT2D eigenvalue weighted by Crippen LogP contribution is -2.43. The number of likely N-dealkylation sites (tertiary alicyclic amines) is 1. The fourth-order valence-corrected chi connectivity index (χ4v) is 3.71. The lowest BCUT2D eigenvalue weighted by atomic mass is 9.88. The molecule has 0 aliphatic carbocycles. The topological polar surface area (TPSA) is 32.3 Å². The molecule has 1 aromatic rings. The van der Waals surface area contributed by atoms with E-state index in [-0.39, 0.29) is 18.3 Å². The summed E-state index contributed by atoms with van der Waals surface area (Å²) in [5.74, 6) is 0.855. The number of aryl methyl sites for hydroxylation is 1. The minimum atomic E-state index is 0. The Kier molecular flexibility index (Phi) is 6.13. The number of nitrogens with one attached hydrogen (secondary N) is 1. The fraction of sp³-hybridized carbons (Fsp3) is 0.588. The van der Waals surface area contributed by atoms with E-state index in [1.54, 1.807) is 6.07 Å². The van der Waals surface area contributed by atoms with Gasteiger partial charge in [-0.15, -0.1) is 12.4 Å². The normalized spacial score (nSPS) is 22.5. The van der Waals surface area contributed by atoms with Crippen molar-refractivity contribution in [2.45, 2.75) is 38.6 Å². The van der Waals surface area contributed by atoms with E-state index in [9.17, 15) is 4.79 Å². The van der Waals surface area contributed by atoms with E-state index in [1.807, 2.05) is 24.0 Å². The molecule has 0 spiro atoms. The number of carbonyl (C=O) groups excluding carboxylic acids is 1. The van der Waals surface area contributed by atoms with E-state index in [0.717, 1.165) is 44.0 Å². The van der Waals surface area contributed by atoms with Gasteiger partial charge in [0.15, 0.2) is 0 Å². The Bertz CT molecular complexity index is 521. The molecule has 2 heterocycles. The van der Waals surface area contributed by atoms with E-state index in [1.165, 1.54) is 12.8 Å². The Morgan fingerprint density at radius 1 is 1.27 bits per heavy atom. The Labute approximate surface area is 143 Å². The number of amides is 1. The number of benzene rings is 1. The molecule has 0 radical (unpaired) electrons. The first kappa shape index (κ1) is 17.6. The third-order valence-electron chi connectivity index (χ3n) is 4.91. The monoisotopic (exact) mass is 342 g/mol. The van der Waals surface area contributed by atoms with E-state index in [0.29, 0.717) is 16.6 Å². The van der Waals surface area contributed by atoms with Crippen molar-refractivity contribution in [2.75, 3.05) is 19.6 Å². The van der Waals surface area contributed by atoms with E-state index < -0.39 is 0 Å². The summed E-state index contributed by atoms with van der Waals surface area (Å²) >= 11 is 6.13. The van der Waals surface area contributed by atoms with Gasteiger partial charge in [0.25, 0.3) is 5.91 Å². The summed E-state index contributed by atoms with van der Waals surface area (Å²) in [6.45, 7) is 4.85. The predicted octanol–water partition coefficient (Wildman–Crippen LogP) is 3.67. The number of carbonyl (C=O) groups is 1. The van der Waals surface area contributed by atoms with E-state index >= 15 is 0 Å². The summed E-state index contributed by atoms with van der Waals surface area (Å²) in [5, 5.41) is 4.27. The van der Waals surface area contributed by atoms with Crippen LogP contribution in [0.4, 0.5) is 0 Å². The zero-order valence-corrected chi connectivity index (χ0v) is 14.6. The van der Waals surface area contributed by atoms with Crippen LogP contribution in [-0.4, -0.2) is 36.5 Å². The molecule has 1 atom stereocenters. The Morgan fingerprint density at radius 3 is 2.59 bits per heavy atom. The maximum absolute atomic E-state index is 12.5. The first-order valence-electron chi connectivity index (χ1n) is 7.94. The van der Waals surface area contributed by atoms with Gasteiger partial charge in [-0.2, -0.15) is 0 Å². The second-order valence-electron chi connectivity index (χ2n) is 6.30. The highest BCUT2D eigenvalue weighted by molar-refractivity contribution is 6.31. The van der Waals surface area contributed by atoms with Crippen molar-refractivity contribution in [2.24, 2.45) is 5.92 Å². The summed E-state index contributed by atoms with van der Waals surface area (Å²) in [7, 11) is 0. The van der Waals surface area contributed by atoms with E-state index in [4.69, 9.17) is 11.6 Å².